The van der Waals surface area contributed by atoms with Gasteiger partial charge >= 0.3 is 5.97 Å². The molecule has 1 amide bonds. The van der Waals surface area contributed by atoms with E-state index in [-0.39, 0.29) is 17.7 Å². The Morgan fingerprint density at radius 2 is 1.48 bits per heavy atom. The molecule has 0 bridgehead atoms. The standard InChI is InChI=1S/C23H18F3NO4/c24-19-6-2-1-4-17(19)14-31-18-10-8-15(9-11-18)23(30)27(13-21(28)29)12-16-5-3-7-20(25)22(16)26/h1-11H,12-14H2,(H,28,29). The predicted molar refractivity (Wildman–Crippen MR) is 106 cm³/mol. The maximum atomic E-state index is 14.0. The Bertz CT molecular complexity index is 1090. The van der Waals surface area contributed by atoms with Crippen molar-refractivity contribution < 1.29 is 32.6 Å². The summed E-state index contributed by atoms with van der Waals surface area (Å²) in [4.78, 5) is 24.8. The molecule has 3 aromatic carbocycles. The fourth-order valence-corrected chi connectivity index (χ4v) is 2.89. The maximum absolute atomic E-state index is 14.0. The van der Waals surface area contributed by atoms with Crippen LogP contribution in [0.4, 0.5) is 13.2 Å². The molecule has 31 heavy (non-hydrogen) atoms. The van der Waals surface area contributed by atoms with Crippen molar-refractivity contribution in [2.24, 2.45) is 0 Å². The number of benzene rings is 3. The summed E-state index contributed by atoms with van der Waals surface area (Å²) in [5, 5.41) is 9.11. The number of aliphatic carboxylic acids is 1. The first kappa shape index (κ1) is 21.9. The minimum Gasteiger partial charge on any atom is -0.489 e. The quantitative estimate of drug-likeness (QED) is 0.576. The molecule has 3 aromatic rings. The number of carboxylic acid groups (broad SMARTS) is 1. The van der Waals surface area contributed by atoms with E-state index in [0.29, 0.717) is 11.3 Å². The van der Waals surface area contributed by atoms with Gasteiger partial charge in [0, 0.05) is 23.2 Å². The number of hydrogen-bond donors (Lipinski definition) is 1. The zero-order chi connectivity index (χ0) is 22.4. The number of nitrogens with zero attached hydrogens (tertiary/aromatic N) is 1. The first-order chi connectivity index (χ1) is 14.8. The lowest BCUT2D eigenvalue weighted by Gasteiger charge is -2.21. The minimum absolute atomic E-state index is 0.00997. The van der Waals surface area contributed by atoms with Crippen LogP contribution in [0.5, 0.6) is 5.75 Å². The molecular weight excluding hydrogens is 411 g/mol. The number of halogens is 3. The average Bonchev–Trinajstić information content (AvgIpc) is 2.75. The van der Waals surface area contributed by atoms with Crippen molar-refractivity contribution >= 4 is 11.9 Å². The molecule has 0 aliphatic heterocycles. The molecule has 0 fully saturated rings. The smallest absolute Gasteiger partial charge is 0.323 e. The van der Waals surface area contributed by atoms with Crippen molar-refractivity contribution in [3.05, 3.63) is 101 Å². The largest absolute Gasteiger partial charge is 0.489 e. The monoisotopic (exact) mass is 429 g/mol. The lowest BCUT2D eigenvalue weighted by atomic mass is 10.1. The van der Waals surface area contributed by atoms with Gasteiger partial charge < -0.3 is 14.7 Å². The third-order valence-electron chi connectivity index (χ3n) is 4.46. The van der Waals surface area contributed by atoms with Crippen molar-refractivity contribution in [3.63, 3.8) is 0 Å². The Morgan fingerprint density at radius 1 is 0.839 bits per heavy atom. The second kappa shape index (κ2) is 9.80. The van der Waals surface area contributed by atoms with Gasteiger partial charge in [0.15, 0.2) is 11.6 Å². The zero-order valence-corrected chi connectivity index (χ0v) is 16.2. The van der Waals surface area contributed by atoms with Crippen LogP contribution in [0, 0.1) is 17.5 Å². The van der Waals surface area contributed by atoms with Gasteiger partial charge in [0.25, 0.3) is 5.91 Å². The van der Waals surface area contributed by atoms with Gasteiger partial charge in [0.2, 0.25) is 0 Å². The van der Waals surface area contributed by atoms with Gasteiger partial charge in [-0.15, -0.1) is 0 Å². The van der Waals surface area contributed by atoms with Crippen molar-refractivity contribution in [2.45, 2.75) is 13.2 Å². The number of rotatable bonds is 8. The van der Waals surface area contributed by atoms with Gasteiger partial charge in [-0.25, -0.2) is 13.2 Å². The molecule has 0 radical (unpaired) electrons. The number of ether oxygens (including phenoxy) is 1. The highest BCUT2D eigenvalue weighted by Crippen LogP contribution is 2.19. The van der Waals surface area contributed by atoms with E-state index in [1.54, 1.807) is 18.2 Å². The van der Waals surface area contributed by atoms with Crippen LogP contribution in [-0.4, -0.2) is 28.4 Å². The van der Waals surface area contributed by atoms with E-state index in [4.69, 9.17) is 9.84 Å². The summed E-state index contributed by atoms with van der Waals surface area (Å²) in [6, 6.07) is 15.4. The molecule has 0 aliphatic carbocycles. The summed E-state index contributed by atoms with van der Waals surface area (Å²) < 4.78 is 46.6. The number of amides is 1. The molecule has 0 saturated carbocycles. The summed E-state index contributed by atoms with van der Waals surface area (Å²) in [6.07, 6.45) is 0. The van der Waals surface area contributed by atoms with E-state index in [2.05, 4.69) is 0 Å². The Balaban J connectivity index is 1.72. The van der Waals surface area contributed by atoms with Crippen LogP contribution in [0.3, 0.4) is 0 Å². The van der Waals surface area contributed by atoms with Gasteiger partial charge in [0.05, 0.1) is 0 Å². The summed E-state index contributed by atoms with van der Waals surface area (Å²) in [5.74, 6) is -4.22. The molecule has 0 aromatic heterocycles. The molecule has 0 unspecified atom stereocenters. The Labute approximate surface area is 176 Å². The second-order valence-corrected chi connectivity index (χ2v) is 6.67. The fourth-order valence-electron chi connectivity index (χ4n) is 2.89. The third kappa shape index (κ3) is 5.63. The maximum Gasteiger partial charge on any atom is 0.323 e. The summed E-state index contributed by atoms with van der Waals surface area (Å²) in [5.41, 5.74) is 0.364. The van der Waals surface area contributed by atoms with Crippen LogP contribution in [0.25, 0.3) is 0 Å². The first-order valence-corrected chi connectivity index (χ1v) is 9.25. The van der Waals surface area contributed by atoms with Gasteiger partial charge in [0.1, 0.15) is 24.7 Å². The van der Waals surface area contributed by atoms with E-state index >= 15 is 0 Å². The van der Waals surface area contributed by atoms with Crippen LogP contribution >= 0.6 is 0 Å². The molecule has 0 atom stereocenters. The topological polar surface area (TPSA) is 66.8 Å². The molecule has 0 aliphatic rings. The Morgan fingerprint density at radius 3 is 2.16 bits per heavy atom. The second-order valence-electron chi connectivity index (χ2n) is 6.67. The van der Waals surface area contributed by atoms with Crippen LogP contribution in [0.15, 0.2) is 66.7 Å². The van der Waals surface area contributed by atoms with Gasteiger partial charge in [-0.3, -0.25) is 9.59 Å². The number of carbonyl (C=O) groups is 2. The molecular formula is C23H18F3NO4. The van der Waals surface area contributed by atoms with Crippen molar-refractivity contribution in [1.82, 2.24) is 4.90 Å². The van der Waals surface area contributed by atoms with Crippen molar-refractivity contribution in [2.75, 3.05) is 6.54 Å². The Hall–Kier alpha value is -3.81. The van der Waals surface area contributed by atoms with Crippen LogP contribution in [0.2, 0.25) is 0 Å². The fraction of sp³-hybridized carbons (Fsp3) is 0.130. The van der Waals surface area contributed by atoms with Crippen LogP contribution < -0.4 is 4.74 Å². The highest BCUT2D eigenvalue weighted by Gasteiger charge is 2.21. The van der Waals surface area contributed by atoms with Crippen molar-refractivity contribution in [1.29, 1.82) is 0 Å². The van der Waals surface area contributed by atoms with Crippen LogP contribution in [0.1, 0.15) is 21.5 Å². The first-order valence-electron chi connectivity index (χ1n) is 9.25. The molecule has 0 spiro atoms. The normalized spacial score (nSPS) is 10.5. The molecule has 1 N–H and O–H groups in total. The van der Waals surface area contributed by atoms with E-state index in [1.807, 2.05) is 0 Å². The Kier molecular flexibility index (Phi) is 6.92. The SMILES string of the molecule is O=C(O)CN(Cc1cccc(F)c1F)C(=O)c1ccc(OCc2ccccc2F)cc1. The molecule has 160 valence electrons. The third-order valence-corrected chi connectivity index (χ3v) is 4.46. The molecule has 0 heterocycles. The number of carbonyl (C=O) groups excluding carboxylic acids is 1. The lowest BCUT2D eigenvalue weighted by molar-refractivity contribution is -0.137. The predicted octanol–water partition coefficient (Wildman–Crippen LogP) is 4.41. The number of hydrogen-bond acceptors (Lipinski definition) is 3. The number of carboxylic acids is 1. The zero-order valence-electron chi connectivity index (χ0n) is 16.2. The van der Waals surface area contributed by atoms with Gasteiger partial charge in [-0.2, -0.15) is 0 Å². The van der Waals surface area contributed by atoms with Gasteiger partial charge in [-0.05, 0) is 36.4 Å². The summed E-state index contributed by atoms with van der Waals surface area (Å²) in [6.45, 7) is -1.12. The molecule has 8 heteroatoms. The van der Waals surface area contributed by atoms with Gasteiger partial charge in [-0.1, -0.05) is 30.3 Å². The van der Waals surface area contributed by atoms with E-state index < -0.39 is 42.4 Å². The van der Waals surface area contributed by atoms with Crippen molar-refractivity contribution in [3.8, 4) is 5.75 Å². The lowest BCUT2D eigenvalue weighted by Crippen LogP contribution is -2.35. The van der Waals surface area contributed by atoms with E-state index in [9.17, 15) is 22.8 Å². The minimum atomic E-state index is -1.30. The average molecular weight is 429 g/mol. The van der Waals surface area contributed by atoms with Crippen LogP contribution in [-0.2, 0) is 17.9 Å². The molecule has 3 rings (SSSR count). The van der Waals surface area contributed by atoms with E-state index in [0.717, 1.165) is 11.0 Å². The molecule has 5 nitrogen and oxygen atoms in total. The molecule has 0 saturated heterocycles. The summed E-state index contributed by atoms with van der Waals surface area (Å²) >= 11 is 0. The summed E-state index contributed by atoms with van der Waals surface area (Å²) in [7, 11) is 0. The highest BCUT2D eigenvalue weighted by atomic mass is 19.2. The highest BCUT2D eigenvalue weighted by molar-refractivity contribution is 5.95. The van der Waals surface area contributed by atoms with E-state index in [1.165, 1.54) is 42.5 Å².